The first-order chi connectivity index (χ1) is 11.9. The molecule has 0 saturated carbocycles. The molecule has 1 aliphatic rings. The minimum Gasteiger partial charge on any atom is -0.312 e. The Morgan fingerprint density at radius 1 is 1.24 bits per heavy atom. The Labute approximate surface area is 152 Å². The van der Waals surface area contributed by atoms with E-state index in [0.717, 1.165) is 16.8 Å². The van der Waals surface area contributed by atoms with E-state index in [9.17, 15) is 13.2 Å². The molecule has 25 heavy (non-hydrogen) atoms. The predicted molar refractivity (Wildman–Crippen MR) is 98.5 cm³/mol. The summed E-state index contributed by atoms with van der Waals surface area (Å²) in [7, 11) is -2.09. The lowest BCUT2D eigenvalue weighted by Gasteiger charge is -2.17. The molecule has 5 nitrogen and oxygen atoms in total. The van der Waals surface area contributed by atoms with Crippen LogP contribution in [0.4, 0.5) is 5.69 Å². The van der Waals surface area contributed by atoms with Crippen LogP contribution in [0.2, 0.25) is 5.02 Å². The van der Waals surface area contributed by atoms with Crippen LogP contribution in [0, 0.1) is 0 Å². The van der Waals surface area contributed by atoms with Gasteiger partial charge in [0.2, 0.25) is 15.9 Å². The summed E-state index contributed by atoms with van der Waals surface area (Å²) in [5, 5.41) is 0.662. The second kappa shape index (κ2) is 7.15. The molecule has 1 aliphatic heterocycles. The number of fused-ring (bicyclic) bond motifs is 1. The van der Waals surface area contributed by atoms with Crippen LogP contribution in [0.15, 0.2) is 47.4 Å². The van der Waals surface area contributed by atoms with Crippen molar-refractivity contribution in [1.29, 1.82) is 0 Å². The molecule has 3 rings (SSSR count). The van der Waals surface area contributed by atoms with Crippen LogP contribution in [0.1, 0.15) is 17.5 Å². The number of carbonyl (C=O) groups is 1. The van der Waals surface area contributed by atoms with Gasteiger partial charge in [0.15, 0.2) is 0 Å². The molecule has 0 bridgehead atoms. The standard InChI is InChI=1S/C18H19ClN2O3S/c1-20-25(23,24)16-6-7-17-14(12-16)9-10-21(17)18(22)8-5-13-3-2-4-15(19)11-13/h2-4,6-7,11-12,20H,5,8-10H2,1H3. The molecule has 0 spiro atoms. The van der Waals surface area contributed by atoms with Crippen molar-refractivity contribution in [3.05, 3.63) is 58.6 Å². The first-order valence-electron chi connectivity index (χ1n) is 8.02. The van der Waals surface area contributed by atoms with Crippen molar-refractivity contribution < 1.29 is 13.2 Å². The fourth-order valence-electron chi connectivity index (χ4n) is 3.00. The summed E-state index contributed by atoms with van der Waals surface area (Å²) in [4.78, 5) is 14.5. The Morgan fingerprint density at radius 3 is 2.76 bits per heavy atom. The number of halogens is 1. The van der Waals surface area contributed by atoms with Crippen LogP contribution in [0.5, 0.6) is 0 Å². The normalized spacial score (nSPS) is 13.8. The number of anilines is 1. The number of rotatable bonds is 5. The van der Waals surface area contributed by atoms with Crippen molar-refractivity contribution in [3.8, 4) is 0 Å². The maximum atomic E-state index is 12.6. The molecule has 1 heterocycles. The SMILES string of the molecule is CNS(=O)(=O)c1ccc2c(c1)CCN2C(=O)CCc1cccc(Cl)c1. The van der Waals surface area contributed by atoms with Crippen LogP contribution in [-0.2, 0) is 27.7 Å². The Balaban J connectivity index is 1.73. The average molecular weight is 379 g/mol. The zero-order chi connectivity index (χ0) is 18.0. The Morgan fingerprint density at radius 2 is 2.04 bits per heavy atom. The summed E-state index contributed by atoms with van der Waals surface area (Å²) < 4.78 is 26.1. The molecule has 0 radical (unpaired) electrons. The molecule has 1 amide bonds. The number of nitrogens with one attached hydrogen (secondary N) is 1. The van der Waals surface area contributed by atoms with Crippen molar-refractivity contribution >= 4 is 33.2 Å². The number of sulfonamides is 1. The second-order valence-corrected chi connectivity index (χ2v) is 8.25. The summed E-state index contributed by atoms with van der Waals surface area (Å²) in [5.74, 6) is 0.0305. The van der Waals surface area contributed by atoms with Crippen molar-refractivity contribution in [2.24, 2.45) is 0 Å². The van der Waals surface area contributed by atoms with E-state index in [1.165, 1.54) is 13.1 Å². The first kappa shape index (κ1) is 17.9. The van der Waals surface area contributed by atoms with Gasteiger partial charge in [0.25, 0.3) is 0 Å². The van der Waals surface area contributed by atoms with Crippen molar-refractivity contribution in [3.63, 3.8) is 0 Å². The molecule has 7 heteroatoms. The third kappa shape index (κ3) is 3.86. The predicted octanol–water partition coefficient (Wildman–Crippen LogP) is 2.77. The highest BCUT2D eigenvalue weighted by molar-refractivity contribution is 7.89. The maximum Gasteiger partial charge on any atom is 0.240 e. The summed E-state index contributed by atoms with van der Waals surface area (Å²) in [6.07, 6.45) is 1.67. The Hall–Kier alpha value is -1.89. The van der Waals surface area contributed by atoms with Gasteiger partial charge in [-0.05, 0) is 61.3 Å². The summed E-state index contributed by atoms with van der Waals surface area (Å²) in [6.45, 7) is 0.576. The largest absolute Gasteiger partial charge is 0.312 e. The number of carbonyl (C=O) groups excluding carboxylic acids is 1. The highest BCUT2D eigenvalue weighted by Gasteiger charge is 2.26. The Bertz CT molecular complexity index is 912. The summed E-state index contributed by atoms with van der Waals surface area (Å²) in [5.41, 5.74) is 2.70. The highest BCUT2D eigenvalue weighted by atomic mass is 35.5. The lowest BCUT2D eigenvalue weighted by atomic mass is 10.1. The molecule has 0 fully saturated rings. The molecule has 2 aromatic rings. The van der Waals surface area contributed by atoms with Gasteiger partial charge in [-0.2, -0.15) is 0 Å². The third-order valence-electron chi connectivity index (χ3n) is 4.34. The molecule has 0 unspecified atom stereocenters. The van der Waals surface area contributed by atoms with Gasteiger partial charge in [0.05, 0.1) is 4.90 Å². The van der Waals surface area contributed by atoms with Crippen LogP contribution in [-0.4, -0.2) is 27.9 Å². The Kier molecular flexibility index (Phi) is 5.13. The van der Waals surface area contributed by atoms with E-state index < -0.39 is 10.0 Å². The molecule has 0 aromatic heterocycles. The monoisotopic (exact) mass is 378 g/mol. The average Bonchev–Trinajstić information content (AvgIpc) is 3.03. The van der Waals surface area contributed by atoms with Gasteiger partial charge in [0.1, 0.15) is 0 Å². The highest BCUT2D eigenvalue weighted by Crippen LogP contribution is 2.30. The van der Waals surface area contributed by atoms with Gasteiger partial charge in [-0.1, -0.05) is 23.7 Å². The van der Waals surface area contributed by atoms with E-state index in [1.54, 1.807) is 23.1 Å². The molecular formula is C18H19ClN2O3S. The number of aryl methyl sites for hydroxylation is 1. The summed E-state index contributed by atoms with van der Waals surface area (Å²) >= 11 is 5.97. The van der Waals surface area contributed by atoms with Crippen LogP contribution in [0.25, 0.3) is 0 Å². The number of nitrogens with zero attached hydrogens (tertiary/aromatic N) is 1. The lowest BCUT2D eigenvalue weighted by Crippen LogP contribution is -2.29. The van der Waals surface area contributed by atoms with Gasteiger partial charge >= 0.3 is 0 Å². The van der Waals surface area contributed by atoms with Gasteiger partial charge in [-0.15, -0.1) is 0 Å². The van der Waals surface area contributed by atoms with Gasteiger partial charge in [-0.25, -0.2) is 13.1 Å². The number of benzene rings is 2. The molecule has 0 saturated heterocycles. The minimum absolute atomic E-state index is 0.0305. The molecule has 0 aliphatic carbocycles. The van der Waals surface area contributed by atoms with Crippen LogP contribution in [0.3, 0.4) is 0 Å². The maximum absolute atomic E-state index is 12.6. The first-order valence-corrected chi connectivity index (χ1v) is 9.88. The van der Waals surface area contributed by atoms with E-state index in [-0.39, 0.29) is 10.8 Å². The zero-order valence-corrected chi connectivity index (χ0v) is 15.4. The third-order valence-corrected chi connectivity index (χ3v) is 5.99. The fourth-order valence-corrected chi connectivity index (χ4v) is 3.99. The lowest BCUT2D eigenvalue weighted by molar-refractivity contribution is -0.118. The van der Waals surface area contributed by atoms with Crippen LogP contribution < -0.4 is 9.62 Å². The van der Waals surface area contributed by atoms with Crippen molar-refractivity contribution in [2.45, 2.75) is 24.2 Å². The number of hydrogen-bond acceptors (Lipinski definition) is 3. The quantitative estimate of drug-likeness (QED) is 0.869. The zero-order valence-electron chi connectivity index (χ0n) is 13.8. The van der Waals surface area contributed by atoms with Gasteiger partial charge in [0, 0.05) is 23.7 Å². The van der Waals surface area contributed by atoms with Gasteiger partial charge < -0.3 is 4.90 Å². The molecule has 0 atom stereocenters. The smallest absolute Gasteiger partial charge is 0.240 e. The number of hydrogen-bond donors (Lipinski definition) is 1. The molecule has 132 valence electrons. The topological polar surface area (TPSA) is 66.5 Å². The molecule has 2 aromatic carbocycles. The minimum atomic E-state index is -3.47. The molecular weight excluding hydrogens is 360 g/mol. The van der Waals surface area contributed by atoms with Crippen LogP contribution >= 0.6 is 11.6 Å². The summed E-state index contributed by atoms with van der Waals surface area (Å²) in [6, 6.07) is 12.4. The van der Waals surface area contributed by atoms with Crippen molar-refractivity contribution in [1.82, 2.24) is 4.72 Å². The van der Waals surface area contributed by atoms with E-state index in [4.69, 9.17) is 11.6 Å². The van der Waals surface area contributed by atoms with E-state index in [2.05, 4.69) is 4.72 Å². The molecule has 1 N–H and O–H groups in total. The van der Waals surface area contributed by atoms with E-state index >= 15 is 0 Å². The van der Waals surface area contributed by atoms with E-state index in [0.29, 0.717) is 30.8 Å². The van der Waals surface area contributed by atoms with Crippen molar-refractivity contribution in [2.75, 3.05) is 18.5 Å². The second-order valence-electron chi connectivity index (χ2n) is 5.92. The van der Waals surface area contributed by atoms with E-state index in [1.807, 2.05) is 18.2 Å². The van der Waals surface area contributed by atoms with Gasteiger partial charge in [-0.3, -0.25) is 4.79 Å². The fraction of sp³-hybridized carbons (Fsp3) is 0.278. The number of amides is 1.